The molecule has 112 valence electrons. The molecular weight excluding hydrogens is 295 g/mol. The molecule has 0 unspecified atom stereocenters. The number of nitrogens with zero attached hydrogens (tertiary/aromatic N) is 3. The summed E-state index contributed by atoms with van der Waals surface area (Å²) in [5.41, 5.74) is 1.70. The number of methoxy groups -OCH3 is 1. The molecule has 2 heterocycles. The molecule has 0 spiro atoms. The van der Waals surface area contributed by atoms with Crippen LogP contribution in [0, 0.1) is 5.82 Å². The lowest BCUT2D eigenvalue weighted by atomic mass is 10.0. The first-order valence-electron chi connectivity index (χ1n) is 6.75. The van der Waals surface area contributed by atoms with Crippen LogP contribution in [0.3, 0.4) is 0 Å². The summed E-state index contributed by atoms with van der Waals surface area (Å²) in [6.07, 6.45) is 2.01. The van der Waals surface area contributed by atoms with Crippen LogP contribution in [0.1, 0.15) is 17.2 Å². The summed E-state index contributed by atoms with van der Waals surface area (Å²) in [5, 5.41) is 12.0. The van der Waals surface area contributed by atoms with E-state index in [0.29, 0.717) is 11.6 Å². The van der Waals surface area contributed by atoms with Crippen LogP contribution in [0.15, 0.2) is 24.4 Å². The maximum atomic E-state index is 13.0. The van der Waals surface area contributed by atoms with Crippen molar-refractivity contribution in [3.05, 3.63) is 46.5 Å². The lowest BCUT2D eigenvalue weighted by molar-refractivity contribution is 0.104. The minimum Gasteiger partial charge on any atom is -0.379 e. The normalized spacial score (nSPS) is 21.9. The molecule has 1 aromatic carbocycles. The summed E-state index contributed by atoms with van der Waals surface area (Å²) in [4.78, 5) is 0. The van der Waals surface area contributed by atoms with E-state index >= 15 is 0 Å². The minimum absolute atomic E-state index is 0.115. The van der Waals surface area contributed by atoms with Crippen molar-refractivity contribution in [3.63, 3.8) is 0 Å². The van der Waals surface area contributed by atoms with E-state index < -0.39 is 0 Å². The highest BCUT2D eigenvalue weighted by Gasteiger charge is 2.30. The molecule has 1 saturated heterocycles. The van der Waals surface area contributed by atoms with E-state index in [2.05, 4.69) is 15.6 Å². The number of hydrogen-bond donors (Lipinski definition) is 1. The molecule has 0 saturated carbocycles. The van der Waals surface area contributed by atoms with Gasteiger partial charge in [-0.2, -0.15) is 0 Å². The van der Waals surface area contributed by atoms with Crippen molar-refractivity contribution < 1.29 is 9.13 Å². The number of ether oxygens (including phenoxy) is 1. The zero-order valence-electron chi connectivity index (χ0n) is 11.6. The van der Waals surface area contributed by atoms with Crippen LogP contribution in [0.5, 0.6) is 0 Å². The van der Waals surface area contributed by atoms with Crippen LogP contribution < -0.4 is 5.32 Å². The average molecular weight is 311 g/mol. The van der Waals surface area contributed by atoms with Gasteiger partial charge >= 0.3 is 0 Å². The second-order valence-corrected chi connectivity index (χ2v) is 5.52. The van der Waals surface area contributed by atoms with E-state index in [1.165, 1.54) is 12.1 Å². The summed E-state index contributed by atoms with van der Waals surface area (Å²) < 4.78 is 20.2. The first-order valence-corrected chi connectivity index (χ1v) is 7.12. The Morgan fingerprint density at radius 2 is 2.33 bits per heavy atom. The van der Waals surface area contributed by atoms with Crippen molar-refractivity contribution >= 4 is 11.6 Å². The molecule has 2 aromatic rings. The summed E-state index contributed by atoms with van der Waals surface area (Å²) >= 11 is 6.03. The molecule has 21 heavy (non-hydrogen) atoms. The van der Waals surface area contributed by atoms with Crippen molar-refractivity contribution in [1.82, 2.24) is 20.3 Å². The third-order valence-corrected chi connectivity index (χ3v) is 4.10. The predicted octanol–water partition coefficient (Wildman–Crippen LogP) is 1.82. The number of halogens is 2. The molecule has 0 radical (unpaired) electrons. The number of rotatable bonds is 4. The Hall–Kier alpha value is -1.50. The Bertz CT molecular complexity index is 633. The Morgan fingerprint density at radius 3 is 3.10 bits per heavy atom. The third-order valence-electron chi connectivity index (χ3n) is 3.75. The fourth-order valence-electron chi connectivity index (χ4n) is 2.58. The average Bonchev–Trinajstić information content (AvgIpc) is 3.10. The van der Waals surface area contributed by atoms with Crippen LogP contribution in [0.25, 0.3) is 0 Å². The highest BCUT2D eigenvalue weighted by atomic mass is 35.5. The molecule has 3 rings (SSSR count). The number of nitrogens with one attached hydrogen (secondary N) is 1. The highest BCUT2D eigenvalue weighted by molar-refractivity contribution is 6.31. The summed E-state index contributed by atoms with van der Waals surface area (Å²) in [6.45, 7) is 2.11. The summed E-state index contributed by atoms with van der Waals surface area (Å²) in [5.74, 6) is -0.143. The van der Waals surface area contributed by atoms with Crippen molar-refractivity contribution in [3.8, 4) is 0 Å². The molecule has 1 fully saturated rings. The van der Waals surface area contributed by atoms with E-state index in [4.69, 9.17) is 16.3 Å². The summed E-state index contributed by atoms with van der Waals surface area (Å²) in [6, 6.07) is 4.35. The van der Waals surface area contributed by atoms with Gasteiger partial charge in [0.15, 0.2) is 0 Å². The maximum absolute atomic E-state index is 13.0. The lowest BCUT2D eigenvalue weighted by Crippen LogP contribution is -2.19. The van der Waals surface area contributed by atoms with Gasteiger partial charge in [-0.1, -0.05) is 22.9 Å². The van der Waals surface area contributed by atoms with Gasteiger partial charge in [0.25, 0.3) is 0 Å². The minimum atomic E-state index is -0.344. The number of aromatic nitrogens is 3. The van der Waals surface area contributed by atoms with E-state index in [1.807, 2.05) is 6.20 Å². The second-order valence-electron chi connectivity index (χ2n) is 5.12. The molecule has 0 aliphatic carbocycles. The maximum Gasteiger partial charge on any atom is 0.124 e. The molecule has 0 amide bonds. The lowest BCUT2D eigenvalue weighted by Gasteiger charge is -2.13. The molecule has 2 atom stereocenters. The topological polar surface area (TPSA) is 52.0 Å². The van der Waals surface area contributed by atoms with E-state index in [-0.39, 0.29) is 17.8 Å². The predicted molar refractivity (Wildman–Crippen MR) is 76.9 cm³/mol. The largest absolute Gasteiger partial charge is 0.379 e. The van der Waals surface area contributed by atoms with Crippen molar-refractivity contribution in [2.24, 2.45) is 0 Å². The summed E-state index contributed by atoms with van der Waals surface area (Å²) in [7, 11) is 1.70. The van der Waals surface area contributed by atoms with Gasteiger partial charge in [-0.15, -0.1) is 5.10 Å². The van der Waals surface area contributed by atoms with Gasteiger partial charge in [-0.25, -0.2) is 9.07 Å². The smallest absolute Gasteiger partial charge is 0.124 e. The SMILES string of the molecule is CO[C@@H]1CNC[C@H]1c1cn(Cc2ccc(F)cc2Cl)nn1. The Kier molecular flexibility index (Phi) is 4.19. The van der Waals surface area contributed by atoms with Crippen molar-refractivity contribution in [2.75, 3.05) is 20.2 Å². The molecule has 5 nitrogen and oxygen atoms in total. The van der Waals surface area contributed by atoms with Crippen LogP contribution in [-0.2, 0) is 11.3 Å². The molecule has 1 N–H and O–H groups in total. The molecule has 1 aliphatic rings. The fourth-order valence-corrected chi connectivity index (χ4v) is 2.81. The molecular formula is C14H16ClFN4O. The van der Waals surface area contributed by atoms with Gasteiger partial charge in [0.05, 0.1) is 18.3 Å². The molecule has 0 bridgehead atoms. The van der Waals surface area contributed by atoms with E-state index in [0.717, 1.165) is 24.3 Å². The van der Waals surface area contributed by atoms with Crippen LogP contribution >= 0.6 is 11.6 Å². The van der Waals surface area contributed by atoms with Crippen LogP contribution in [-0.4, -0.2) is 41.3 Å². The zero-order chi connectivity index (χ0) is 14.8. The van der Waals surface area contributed by atoms with Gasteiger partial charge in [0.2, 0.25) is 0 Å². The Balaban J connectivity index is 1.76. The monoisotopic (exact) mass is 310 g/mol. The second kappa shape index (κ2) is 6.09. The van der Waals surface area contributed by atoms with Crippen molar-refractivity contribution in [1.29, 1.82) is 0 Å². The van der Waals surface area contributed by atoms with Gasteiger partial charge in [0, 0.05) is 37.3 Å². The zero-order valence-corrected chi connectivity index (χ0v) is 12.3. The fraction of sp³-hybridized carbons (Fsp3) is 0.429. The Labute approximate surface area is 127 Å². The first kappa shape index (κ1) is 14.4. The van der Waals surface area contributed by atoms with Gasteiger partial charge in [-0.05, 0) is 17.7 Å². The van der Waals surface area contributed by atoms with E-state index in [1.54, 1.807) is 17.9 Å². The third kappa shape index (κ3) is 3.07. The van der Waals surface area contributed by atoms with Gasteiger partial charge < -0.3 is 10.1 Å². The molecule has 1 aromatic heterocycles. The number of hydrogen-bond acceptors (Lipinski definition) is 4. The first-order chi connectivity index (χ1) is 10.2. The van der Waals surface area contributed by atoms with Gasteiger partial charge in [0.1, 0.15) is 5.82 Å². The van der Waals surface area contributed by atoms with Gasteiger partial charge in [-0.3, -0.25) is 0 Å². The molecule has 1 aliphatic heterocycles. The highest BCUT2D eigenvalue weighted by Crippen LogP contribution is 2.23. The Morgan fingerprint density at radius 1 is 1.48 bits per heavy atom. The number of benzene rings is 1. The van der Waals surface area contributed by atoms with Crippen molar-refractivity contribution in [2.45, 2.75) is 18.6 Å². The van der Waals surface area contributed by atoms with Crippen LogP contribution in [0.4, 0.5) is 4.39 Å². The molecule has 7 heteroatoms. The standard InChI is InChI=1S/C14H16ClFN4O/c1-21-14-6-17-5-11(14)13-8-20(19-18-13)7-9-2-3-10(16)4-12(9)15/h2-4,8,11,14,17H,5-7H2,1H3/t11-,14+/m0/s1. The van der Waals surface area contributed by atoms with E-state index in [9.17, 15) is 4.39 Å². The quantitative estimate of drug-likeness (QED) is 0.936. The van der Waals surface area contributed by atoms with Crippen LogP contribution in [0.2, 0.25) is 5.02 Å².